The van der Waals surface area contributed by atoms with Gasteiger partial charge in [0.1, 0.15) is 6.61 Å². The van der Waals surface area contributed by atoms with E-state index in [2.05, 4.69) is 37.9 Å². The summed E-state index contributed by atoms with van der Waals surface area (Å²) in [5.74, 6) is 1.43. The molecule has 1 unspecified atom stereocenters. The minimum absolute atomic E-state index is 0.226. The van der Waals surface area contributed by atoms with Crippen LogP contribution in [0, 0.1) is 11.3 Å². The summed E-state index contributed by atoms with van der Waals surface area (Å²) in [6.45, 7) is 7.43. The second kappa shape index (κ2) is 3.41. The van der Waals surface area contributed by atoms with Crippen LogP contribution < -0.4 is 0 Å². The van der Waals surface area contributed by atoms with Crippen molar-refractivity contribution in [2.45, 2.75) is 39.7 Å². The van der Waals surface area contributed by atoms with Crippen molar-refractivity contribution in [2.24, 2.45) is 16.3 Å². The molecule has 1 heterocycles. The van der Waals surface area contributed by atoms with Crippen molar-refractivity contribution >= 4 is 5.90 Å². The summed E-state index contributed by atoms with van der Waals surface area (Å²) in [5.41, 5.74) is 0.226. The molecule has 0 spiro atoms. The third-order valence-corrected chi connectivity index (χ3v) is 3.00. The lowest BCUT2D eigenvalue weighted by Crippen LogP contribution is -2.25. The summed E-state index contributed by atoms with van der Waals surface area (Å²) < 4.78 is 5.67. The summed E-state index contributed by atoms with van der Waals surface area (Å²) in [5, 5.41) is 0. The highest BCUT2D eigenvalue weighted by molar-refractivity contribution is 5.82. The first-order chi connectivity index (χ1) is 6.57. The highest BCUT2D eigenvalue weighted by Gasteiger charge is 2.32. The SMILES string of the molecule is CC(C)(C)[C@H]1COC(C2C=CCC2)=N1. The maximum Gasteiger partial charge on any atom is 0.190 e. The second-order valence-electron chi connectivity index (χ2n) is 5.27. The first-order valence-electron chi connectivity index (χ1n) is 5.44. The van der Waals surface area contributed by atoms with Crippen LogP contribution in [-0.4, -0.2) is 18.5 Å². The molecule has 2 rings (SSSR count). The van der Waals surface area contributed by atoms with Crippen molar-refractivity contribution in [3.8, 4) is 0 Å². The van der Waals surface area contributed by atoms with Gasteiger partial charge in [0.05, 0.1) is 12.0 Å². The van der Waals surface area contributed by atoms with Crippen LogP contribution in [0.2, 0.25) is 0 Å². The van der Waals surface area contributed by atoms with Crippen molar-refractivity contribution < 1.29 is 4.74 Å². The molecule has 0 aromatic rings. The maximum atomic E-state index is 5.67. The minimum atomic E-state index is 0.226. The molecule has 0 aromatic carbocycles. The van der Waals surface area contributed by atoms with Crippen LogP contribution in [0.5, 0.6) is 0 Å². The fourth-order valence-electron chi connectivity index (χ4n) is 1.88. The van der Waals surface area contributed by atoms with Crippen molar-refractivity contribution in [3.63, 3.8) is 0 Å². The first kappa shape index (κ1) is 9.75. The fraction of sp³-hybridized carbons (Fsp3) is 0.750. The van der Waals surface area contributed by atoms with Gasteiger partial charge in [-0.3, -0.25) is 0 Å². The van der Waals surface area contributed by atoms with Crippen molar-refractivity contribution in [1.82, 2.24) is 0 Å². The van der Waals surface area contributed by atoms with E-state index in [9.17, 15) is 0 Å². The molecule has 2 heteroatoms. The smallest absolute Gasteiger partial charge is 0.190 e. The topological polar surface area (TPSA) is 21.6 Å². The van der Waals surface area contributed by atoms with Crippen LogP contribution in [0.1, 0.15) is 33.6 Å². The molecular weight excluding hydrogens is 174 g/mol. The summed E-state index contributed by atoms with van der Waals surface area (Å²) >= 11 is 0. The zero-order valence-electron chi connectivity index (χ0n) is 9.29. The molecule has 1 aliphatic heterocycles. The molecule has 78 valence electrons. The van der Waals surface area contributed by atoms with Gasteiger partial charge in [-0.15, -0.1) is 0 Å². The van der Waals surface area contributed by atoms with Crippen molar-refractivity contribution in [2.75, 3.05) is 6.61 Å². The van der Waals surface area contributed by atoms with Crippen molar-refractivity contribution in [1.29, 1.82) is 0 Å². The lowest BCUT2D eigenvalue weighted by Gasteiger charge is -2.21. The van der Waals surface area contributed by atoms with Gasteiger partial charge in [-0.05, 0) is 18.3 Å². The van der Waals surface area contributed by atoms with Crippen LogP contribution in [0.3, 0.4) is 0 Å². The fourth-order valence-corrected chi connectivity index (χ4v) is 1.88. The number of allylic oxidation sites excluding steroid dienone is 1. The van der Waals surface area contributed by atoms with E-state index < -0.39 is 0 Å². The first-order valence-corrected chi connectivity index (χ1v) is 5.44. The molecule has 2 aliphatic rings. The molecule has 0 aromatic heterocycles. The monoisotopic (exact) mass is 193 g/mol. The maximum absolute atomic E-state index is 5.67. The van der Waals surface area contributed by atoms with Gasteiger partial charge in [-0.25, -0.2) is 4.99 Å². The number of ether oxygens (including phenoxy) is 1. The summed E-state index contributed by atoms with van der Waals surface area (Å²) in [7, 11) is 0. The quantitative estimate of drug-likeness (QED) is 0.587. The molecule has 0 saturated heterocycles. The molecule has 0 N–H and O–H groups in total. The molecule has 0 saturated carbocycles. The van der Waals surface area contributed by atoms with Crippen LogP contribution in [-0.2, 0) is 4.74 Å². The molecule has 1 aliphatic carbocycles. The molecular formula is C12H19NO. The average Bonchev–Trinajstić information content (AvgIpc) is 2.73. The van der Waals surface area contributed by atoms with Gasteiger partial charge in [0.15, 0.2) is 5.90 Å². The Labute approximate surface area is 86.1 Å². The second-order valence-corrected chi connectivity index (χ2v) is 5.27. The molecule has 2 atom stereocenters. The zero-order chi connectivity index (χ0) is 10.2. The molecule has 14 heavy (non-hydrogen) atoms. The Hall–Kier alpha value is -0.790. The van der Waals surface area contributed by atoms with Crippen LogP contribution >= 0.6 is 0 Å². The van der Waals surface area contributed by atoms with Gasteiger partial charge in [-0.1, -0.05) is 32.9 Å². The Morgan fingerprint density at radius 2 is 2.21 bits per heavy atom. The third kappa shape index (κ3) is 1.84. The zero-order valence-corrected chi connectivity index (χ0v) is 9.29. The Morgan fingerprint density at radius 3 is 2.71 bits per heavy atom. The Balaban J connectivity index is 2.05. The van der Waals surface area contributed by atoms with Gasteiger partial charge in [0.25, 0.3) is 0 Å². The van der Waals surface area contributed by atoms with E-state index >= 15 is 0 Å². The molecule has 0 amide bonds. The van der Waals surface area contributed by atoms with Crippen LogP contribution in [0.15, 0.2) is 17.1 Å². The highest BCUT2D eigenvalue weighted by Crippen LogP contribution is 2.29. The average molecular weight is 193 g/mol. The summed E-state index contributed by atoms with van der Waals surface area (Å²) in [4.78, 5) is 4.68. The Bertz CT molecular complexity index is 273. The van der Waals surface area contributed by atoms with Gasteiger partial charge in [-0.2, -0.15) is 0 Å². The predicted octanol–water partition coefficient (Wildman–Crippen LogP) is 2.80. The van der Waals surface area contributed by atoms with E-state index in [0.29, 0.717) is 12.0 Å². The van der Waals surface area contributed by atoms with E-state index in [1.807, 2.05) is 0 Å². The van der Waals surface area contributed by atoms with Crippen LogP contribution in [0.25, 0.3) is 0 Å². The van der Waals surface area contributed by atoms with Gasteiger partial charge < -0.3 is 4.74 Å². The molecule has 0 bridgehead atoms. The number of hydrogen-bond acceptors (Lipinski definition) is 2. The Kier molecular flexibility index (Phi) is 2.38. The summed E-state index contributed by atoms with van der Waals surface area (Å²) in [6, 6.07) is 0.339. The molecule has 0 radical (unpaired) electrons. The van der Waals surface area contributed by atoms with E-state index in [-0.39, 0.29) is 5.41 Å². The largest absolute Gasteiger partial charge is 0.478 e. The van der Waals surface area contributed by atoms with E-state index in [4.69, 9.17) is 4.74 Å². The molecule has 0 fully saturated rings. The lowest BCUT2D eigenvalue weighted by molar-refractivity contribution is 0.230. The summed E-state index contributed by atoms with van der Waals surface area (Å²) in [6.07, 6.45) is 6.80. The minimum Gasteiger partial charge on any atom is -0.478 e. The van der Waals surface area contributed by atoms with Gasteiger partial charge >= 0.3 is 0 Å². The number of aliphatic imine (C=N–C) groups is 1. The van der Waals surface area contributed by atoms with E-state index in [1.165, 1.54) is 12.8 Å². The number of rotatable bonds is 1. The van der Waals surface area contributed by atoms with Crippen molar-refractivity contribution in [3.05, 3.63) is 12.2 Å². The van der Waals surface area contributed by atoms with Gasteiger partial charge in [0.2, 0.25) is 0 Å². The standard InChI is InChI=1S/C12H19NO/c1-12(2,3)10-8-14-11(13-10)9-6-4-5-7-9/h4,6,9-10H,5,7-8H2,1-3H3/t9?,10-/m1/s1. The van der Waals surface area contributed by atoms with E-state index in [1.54, 1.807) is 0 Å². The molecule has 2 nitrogen and oxygen atoms in total. The van der Waals surface area contributed by atoms with E-state index in [0.717, 1.165) is 12.5 Å². The van der Waals surface area contributed by atoms with Crippen LogP contribution in [0.4, 0.5) is 0 Å². The number of nitrogens with zero attached hydrogens (tertiary/aromatic N) is 1. The van der Waals surface area contributed by atoms with Gasteiger partial charge in [0, 0.05) is 0 Å². The normalized spacial score (nSPS) is 31.8. The highest BCUT2D eigenvalue weighted by atomic mass is 16.5. The number of hydrogen-bond donors (Lipinski definition) is 0. The third-order valence-electron chi connectivity index (χ3n) is 3.00. The predicted molar refractivity (Wildman–Crippen MR) is 58.5 cm³/mol. The lowest BCUT2D eigenvalue weighted by atomic mass is 9.88. The Morgan fingerprint density at radius 1 is 1.43 bits per heavy atom.